The summed E-state index contributed by atoms with van der Waals surface area (Å²) >= 11 is 0. The summed E-state index contributed by atoms with van der Waals surface area (Å²) in [5, 5.41) is 0. The van der Waals surface area contributed by atoms with Crippen molar-refractivity contribution in [2.75, 3.05) is 6.61 Å². The van der Waals surface area contributed by atoms with E-state index in [1.54, 1.807) is 12.2 Å². The second kappa shape index (κ2) is 7.91. The minimum absolute atomic E-state index is 0.156. The molecule has 0 bridgehead atoms. The van der Waals surface area contributed by atoms with Crippen LogP contribution in [0.25, 0.3) is 0 Å². The summed E-state index contributed by atoms with van der Waals surface area (Å²) in [5.41, 5.74) is -0.506. The first kappa shape index (κ1) is 14.7. The van der Waals surface area contributed by atoms with Gasteiger partial charge < -0.3 is 4.74 Å². The molecule has 0 aromatic heterocycles. The fourth-order valence-electron chi connectivity index (χ4n) is 1.77. The topological polar surface area (TPSA) is 26.3 Å². The summed E-state index contributed by atoms with van der Waals surface area (Å²) < 4.78 is 5.14. The summed E-state index contributed by atoms with van der Waals surface area (Å²) in [4.78, 5) is 12.0. The van der Waals surface area contributed by atoms with Gasteiger partial charge in [-0.2, -0.15) is 0 Å². The van der Waals surface area contributed by atoms with Gasteiger partial charge in [-0.1, -0.05) is 18.2 Å². The molecule has 0 aliphatic heterocycles. The molecule has 0 saturated carbocycles. The Morgan fingerprint density at radius 1 is 1.19 bits per heavy atom. The van der Waals surface area contributed by atoms with Crippen molar-refractivity contribution in [1.82, 2.24) is 0 Å². The molecule has 0 unspecified atom stereocenters. The summed E-state index contributed by atoms with van der Waals surface area (Å²) in [5.74, 6) is -0.156. The molecule has 0 rings (SSSR count). The predicted octanol–water partition coefficient (Wildman–Crippen LogP) is 3.65. The lowest BCUT2D eigenvalue weighted by Gasteiger charge is -2.29. The highest BCUT2D eigenvalue weighted by molar-refractivity contribution is 5.77. The minimum Gasteiger partial charge on any atom is -0.466 e. The molecule has 0 heterocycles. The summed E-state index contributed by atoms with van der Waals surface area (Å²) in [6, 6.07) is 0. The highest BCUT2D eigenvalue weighted by Gasteiger charge is 2.36. The first-order chi connectivity index (χ1) is 7.66. The van der Waals surface area contributed by atoms with Crippen LogP contribution in [-0.2, 0) is 9.53 Å². The van der Waals surface area contributed by atoms with E-state index in [9.17, 15) is 4.79 Å². The maximum atomic E-state index is 12.0. The van der Waals surface area contributed by atoms with E-state index in [0.29, 0.717) is 19.4 Å². The molecule has 0 aromatic rings. The third kappa shape index (κ3) is 4.05. The summed E-state index contributed by atoms with van der Waals surface area (Å²) in [7, 11) is 0. The smallest absolute Gasteiger partial charge is 0.312 e. The Kier molecular flexibility index (Phi) is 7.27. The maximum absolute atomic E-state index is 12.0. The third-order valence-electron chi connectivity index (χ3n) is 2.61. The van der Waals surface area contributed by atoms with Crippen molar-refractivity contribution in [1.29, 1.82) is 0 Å². The standard InChI is InChI=1S/C14H22O2/c1-5-9-12-14(10-6-2,11-7-3)13(15)16-8-4/h5-7H,1-3,8-12H2,4H3. The Labute approximate surface area is 98.7 Å². The van der Waals surface area contributed by atoms with Gasteiger partial charge in [-0.15, -0.1) is 19.7 Å². The van der Waals surface area contributed by atoms with Crippen LogP contribution < -0.4 is 0 Å². The van der Waals surface area contributed by atoms with Crippen LogP contribution in [0.15, 0.2) is 38.0 Å². The lowest BCUT2D eigenvalue weighted by atomic mass is 9.77. The Bertz CT molecular complexity index is 243. The molecule has 2 nitrogen and oxygen atoms in total. The Balaban J connectivity index is 4.87. The van der Waals surface area contributed by atoms with Gasteiger partial charge in [0, 0.05) is 0 Å². The fourth-order valence-corrected chi connectivity index (χ4v) is 1.77. The van der Waals surface area contributed by atoms with Crippen molar-refractivity contribution in [2.24, 2.45) is 5.41 Å². The molecule has 0 saturated heterocycles. The number of allylic oxidation sites excluding steroid dienone is 3. The summed E-state index contributed by atoms with van der Waals surface area (Å²) in [6.45, 7) is 13.3. The molecule has 0 amide bonds. The predicted molar refractivity (Wildman–Crippen MR) is 68.1 cm³/mol. The highest BCUT2D eigenvalue weighted by atomic mass is 16.5. The van der Waals surface area contributed by atoms with Crippen molar-refractivity contribution in [3.63, 3.8) is 0 Å². The number of ether oxygens (including phenoxy) is 1. The van der Waals surface area contributed by atoms with Crippen LogP contribution >= 0.6 is 0 Å². The van der Waals surface area contributed by atoms with Gasteiger partial charge in [0.2, 0.25) is 0 Å². The number of esters is 1. The van der Waals surface area contributed by atoms with Crippen molar-refractivity contribution < 1.29 is 9.53 Å². The van der Waals surface area contributed by atoms with Gasteiger partial charge in [0.05, 0.1) is 12.0 Å². The zero-order valence-corrected chi connectivity index (χ0v) is 10.2. The van der Waals surface area contributed by atoms with Crippen LogP contribution in [0.1, 0.15) is 32.6 Å². The van der Waals surface area contributed by atoms with Crippen LogP contribution in [-0.4, -0.2) is 12.6 Å². The van der Waals surface area contributed by atoms with Gasteiger partial charge in [0.1, 0.15) is 0 Å². The van der Waals surface area contributed by atoms with Gasteiger partial charge in [-0.3, -0.25) is 4.79 Å². The number of carbonyl (C=O) groups excluding carboxylic acids is 1. The number of hydrogen-bond donors (Lipinski definition) is 0. The molecule has 0 atom stereocenters. The van der Waals surface area contributed by atoms with Crippen LogP contribution in [0.5, 0.6) is 0 Å². The average molecular weight is 222 g/mol. The van der Waals surface area contributed by atoms with Crippen molar-refractivity contribution in [3.8, 4) is 0 Å². The van der Waals surface area contributed by atoms with E-state index in [1.165, 1.54) is 0 Å². The van der Waals surface area contributed by atoms with Crippen molar-refractivity contribution in [2.45, 2.75) is 32.6 Å². The molecule has 0 aliphatic carbocycles. The normalized spacial score (nSPS) is 10.6. The molecule has 0 N–H and O–H groups in total. The molecule has 90 valence electrons. The number of rotatable bonds is 9. The van der Waals surface area contributed by atoms with E-state index in [1.807, 2.05) is 13.0 Å². The van der Waals surface area contributed by atoms with E-state index in [0.717, 1.165) is 12.8 Å². The molecule has 0 aromatic carbocycles. The van der Waals surface area contributed by atoms with E-state index < -0.39 is 5.41 Å². The second-order valence-corrected chi connectivity index (χ2v) is 3.81. The Morgan fingerprint density at radius 3 is 2.12 bits per heavy atom. The zero-order chi connectivity index (χ0) is 12.4. The maximum Gasteiger partial charge on any atom is 0.312 e. The van der Waals surface area contributed by atoms with Crippen molar-refractivity contribution >= 4 is 5.97 Å². The van der Waals surface area contributed by atoms with Gasteiger partial charge in [0.15, 0.2) is 0 Å². The van der Waals surface area contributed by atoms with Crippen LogP contribution in [0.2, 0.25) is 0 Å². The second-order valence-electron chi connectivity index (χ2n) is 3.81. The van der Waals surface area contributed by atoms with Gasteiger partial charge >= 0.3 is 5.97 Å². The molecule has 0 radical (unpaired) electrons. The molecule has 0 aliphatic rings. The fraction of sp³-hybridized carbons (Fsp3) is 0.500. The average Bonchev–Trinajstić information content (AvgIpc) is 2.27. The first-order valence-corrected chi connectivity index (χ1v) is 5.66. The van der Waals surface area contributed by atoms with E-state index in [-0.39, 0.29) is 5.97 Å². The van der Waals surface area contributed by atoms with Gasteiger partial charge in [-0.25, -0.2) is 0 Å². The lowest BCUT2D eigenvalue weighted by molar-refractivity contribution is -0.155. The van der Waals surface area contributed by atoms with Crippen LogP contribution in [0.3, 0.4) is 0 Å². The van der Waals surface area contributed by atoms with Crippen LogP contribution in [0, 0.1) is 5.41 Å². The SMILES string of the molecule is C=CCCC(CC=C)(CC=C)C(=O)OCC. The monoisotopic (exact) mass is 222 g/mol. The molecule has 0 spiro atoms. The van der Waals surface area contributed by atoms with E-state index >= 15 is 0 Å². The Morgan fingerprint density at radius 2 is 1.75 bits per heavy atom. The first-order valence-electron chi connectivity index (χ1n) is 5.66. The quantitative estimate of drug-likeness (QED) is 0.439. The highest BCUT2D eigenvalue weighted by Crippen LogP contribution is 2.35. The van der Waals surface area contributed by atoms with Crippen molar-refractivity contribution in [3.05, 3.63) is 38.0 Å². The minimum atomic E-state index is -0.506. The Hall–Kier alpha value is -1.31. The lowest BCUT2D eigenvalue weighted by Crippen LogP contribution is -2.32. The van der Waals surface area contributed by atoms with Crippen LogP contribution in [0.4, 0.5) is 0 Å². The molecular formula is C14H22O2. The molecule has 0 fully saturated rings. The van der Waals surface area contributed by atoms with E-state index in [4.69, 9.17) is 4.74 Å². The molecule has 2 heteroatoms. The molecule has 16 heavy (non-hydrogen) atoms. The number of hydrogen-bond acceptors (Lipinski definition) is 2. The van der Waals surface area contributed by atoms with E-state index in [2.05, 4.69) is 19.7 Å². The molecular weight excluding hydrogens is 200 g/mol. The summed E-state index contributed by atoms with van der Waals surface area (Å²) in [6.07, 6.45) is 8.11. The van der Waals surface area contributed by atoms with Gasteiger partial charge in [-0.05, 0) is 32.6 Å². The number of carbonyl (C=O) groups is 1. The van der Waals surface area contributed by atoms with Gasteiger partial charge in [0.25, 0.3) is 0 Å². The third-order valence-corrected chi connectivity index (χ3v) is 2.61. The zero-order valence-electron chi connectivity index (χ0n) is 10.2. The largest absolute Gasteiger partial charge is 0.466 e.